The molecule has 98 valence electrons. The normalized spacial score (nSPS) is 24.5. The fourth-order valence-electron chi connectivity index (χ4n) is 2.10. The summed E-state index contributed by atoms with van der Waals surface area (Å²) in [5.41, 5.74) is 0. The third-order valence-electron chi connectivity index (χ3n) is 3.22. The minimum Gasteiger partial charge on any atom is -0.466 e. The van der Waals surface area contributed by atoms with Crippen molar-refractivity contribution in [3.8, 4) is 0 Å². The van der Waals surface area contributed by atoms with E-state index in [1.54, 1.807) is 0 Å². The summed E-state index contributed by atoms with van der Waals surface area (Å²) >= 11 is 0. The Morgan fingerprint density at radius 2 is 1.82 bits per heavy atom. The largest absolute Gasteiger partial charge is 0.466 e. The van der Waals surface area contributed by atoms with E-state index in [-0.39, 0.29) is 29.8 Å². The highest BCUT2D eigenvalue weighted by molar-refractivity contribution is 5.78. The smallest absolute Gasteiger partial charge is 0.308 e. The molecule has 1 N–H and O–H groups in total. The Bertz CT molecular complexity index is 268. The first-order valence-electron chi connectivity index (χ1n) is 6.51. The maximum atomic E-state index is 11.5. The van der Waals surface area contributed by atoms with Crippen molar-refractivity contribution in [2.75, 3.05) is 6.61 Å². The maximum absolute atomic E-state index is 11.5. The molecule has 0 unspecified atom stereocenters. The Hall–Kier alpha value is -1.06. The fourth-order valence-corrected chi connectivity index (χ4v) is 2.10. The molecule has 0 aliphatic heterocycles. The lowest BCUT2D eigenvalue weighted by Gasteiger charge is -2.28. The summed E-state index contributed by atoms with van der Waals surface area (Å²) < 4.78 is 5.01. The van der Waals surface area contributed by atoms with E-state index in [1.165, 1.54) is 0 Å². The standard InChI is InChI=1S/C13H23NO3/c1-4-17-13(16)10-5-7-11(8-6-10)14-12(15)9(2)3/h9-11H,4-8H2,1-3H3,(H,14,15). The molecule has 0 aromatic rings. The van der Waals surface area contributed by atoms with Crippen LogP contribution in [0.3, 0.4) is 0 Å². The van der Waals surface area contributed by atoms with Crippen molar-refractivity contribution in [1.82, 2.24) is 5.32 Å². The number of amides is 1. The van der Waals surface area contributed by atoms with Gasteiger partial charge in [0.25, 0.3) is 0 Å². The van der Waals surface area contributed by atoms with Gasteiger partial charge in [-0.1, -0.05) is 13.8 Å². The third kappa shape index (κ3) is 4.36. The van der Waals surface area contributed by atoms with E-state index in [4.69, 9.17) is 4.74 Å². The molecule has 0 spiro atoms. The van der Waals surface area contributed by atoms with Gasteiger partial charge in [0.2, 0.25) is 5.91 Å². The van der Waals surface area contributed by atoms with Crippen LogP contribution in [0.5, 0.6) is 0 Å². The van der Waals surface area contributed by atoms with Gasteiger partial charge in [-0.3, -0.25) is 9.59 Å². The second-order valence-corrected chi connectivity index (χ2v) is 4.96. The molecule has 0 saturated heterocycles. The van der Waals surface area contributed by atoms with Crippen molar-refractivity contribution in [2.24, 2.45) is 11.8 Å². The molecule has 0 bridgehead atoms. The van der Waals surface area contributed by atoms with Gasteiger partial charge in [0.05, 0.1) is 12.5 Å². The van der Waals surface area contributed by atoms with Crippen molar-refractivity contribution >= 4 is 11.9 Å². The highest BCUT2D eigenvalue weighted by atomic mass is 16.5. The molecule has 1 aliphatic rings. The lowest BCUT2D eigenvalue weighted by molar-refractivity contribution is -0.149. The van der Waals surface area contributed by atoms with Crippen molar-refractivity contribution in [3.05, 3.63) is 0 Å². The first-order chi connectivity index (χ1) is 8.04. The number of hydrogen-bond donors (Lipinski definition) is 1. The summed E-state index contributed by atoms with van der Waals surface area (Å²) in [6.07, 6.45) is 3.40. The molecular weight excluding hydrogens is 218 g/mol. The van der Waals surface area contributed by atoms with Crippen LogP contribution in [0.1, 0.15) is 46.5 Å². The zero-order chi connectivity index (χ0) is 12.8. The molecule has 1 saturated carbocycles. The molecule has 0 heterocycles. The van der Waals surface area contributed by atoms with Gasteiger partial charge in [-0.15, -0.1) is 0 Å². The number of ether oxygens (including phenoxy) is 1. The van der Waals surface area contributed by atoms with Gasteiger partial charge in [-0.2, -0.15) is 0 Å². The molecule has 1 aliphatic carbocycles. The van der Waals surface area contributed by atoms with E-state index in [0.717, 1.165) is 25.7 Å². The van der Waals surface area contributed by atoms with E-state index >= 15 is 0 Å². The van der Waals surface area contributed by atoms with Crippen molar-refractivity contribution in [1.29, 1.82) is 0 Å². The highest BCUT2D eigenvalue weighted by Crippen LogP contribution is 2.25. The van der Waals surface area contributed by atoms with Crippen LogP contribution < -0.4 is 5.32 Å². The Balaban J connectivity index is 2.31. The SMILES string of the molecule is CCOC(=O)C1CCC(NC(=O)C(C)C)CC1. The Kier molecular flexibility index (Phi) is 5.45. The Morgan fingerprint density at radius 3 is 2.29 bits per heavy atom. The topological polar surface area (TPSA) is 55.4 Å². The van der Waals surface area contributed by atoms with E-state index in [9.17, 15) is 9.59 Å². The second kappa shape index (κ2) is 6.62. The number of hydrogen-bond acceptors (Lipinski definition) is 3. The molecule has 17 heavy (non-hydrogen) atoms. The van der Waals surface area contributed by atoms with Crippen molar-refractivity contribution in [3.63, 3.8) is 0 Å². The van der Waals surface area contributed by atoms with E-state index in [1.807, 2.05) is 20.8 Å². The first-order valence-corrected chi connectivity index (χ1v) is 6.51. The van der Waals surface area contributed by atoms with Gasteiger partial charge in [0.15, 0.2) is 0 Å². The number of rotatable bonds is 4. The molecule has 0 atom stereocenters. The van der Waals surface area contributed by atoms with E-state index in [2.05, 4.69) is 5.32 Å². The summed E-state index contributed by atoms with van der Waals surface area (Å²) in [6, 6.07) is 0.232. The van der Waals surface area contributed by atoms with Crippen LogP contribution in [-0.4, -0.2) is 24.5 Å². The monoisotopic (exact) mass is 241 g/mol. The number of carbonyl (C=O) groups is 2. The van der Waals surface area contributed by atoms with Crippen molar-refractivity contribution < 1.29 is 14.3 Å². The van der Waals surface area contributed by atoms with Crippen LogP contribution in [0.25, 0.3) is 0 Å². The highest BCUT2D eigenvalue weighted by Gasteiger charge is 2.28. The Labute approximate surface area is 103 Å². The molecule has 0 aromatic carbocycles. The molecule has 1 fully saturated rings. The summed E-state index contributed by atoms with van der Waals surface area (Å²) in [5, 5.41) is 3.02. The summed E-state index contributed by atoms with van der Waals surface area (Å²) in [6.45, 7) is 6.05. The average Bonchev–Trinajstić information content (AvgIpc) is 2.30. The van der Waals surface area contributed by atoms with Gasteiger partial charge in [-0.25, -0.2) is 0 Å². The molecule has 0 aromatic heterocycles. The van der Waals surface area contributed by atoms with Crippen LogP contribution in [0.15, 0.2) is 0 Å². The number of carbonyl (C=O) groups excluding carboxylic acids is 2. The third-order valence-corrected chi connectivity index (χ3v) is 3.22. The van der Waals surface area contributed by atoms with Crippen LogP contribution in [0.4, 0.5) is 0 Å². The molecule has 4 nitrogen and oxygen atoms in total. The van der Waals surface area contributed by atoms with Gasteiger partial charge in [0.1, 0.15) is 0 Å². The predicted molar refractivity (Wildman–Crippen MR) is 65.4 cm³/mol. The number of nitrogens with one attached hydrogen (secondary N) is 1. The number of esters is 1. The lowest BCUT2D eigenvalue weighted by Crippen LogP contribution is -2.40. The minimum absolute atomic E-state index is 0.0257. The molecule has 0 radical (unpaired) electrons. The summed E-state index contributed by atoms with van der Waals surface area (Å²) in [7, 11) is 0. The maximum Gasteiger partial charge on any atom is 0.308 e. The van der Waals surface area contributed by atoms with Crippen molar-refractivity contribution in [2.45, 2.75) is 52.5 Å². The minimum atomic E-state index is -0.0823. The average molecular weight is 241 g/mol. The van der Waals surface area contributed by atoms with Crippen LogP contribution in [0.2, 0.25) is 0 Å². The quantitative estimate of drug-likeness (QED) is 0.765. The van der Waals surface area contributed by atoms with Gasteiger partial charge >= 0.3 is 5.97 Å². The molecular formula is C13H23NO3. The second-order valence-electron chi connectivity index (χ2n) is 4.96. The molecule has 1 amide bonds. The zero-order valence-electron chi connectivity index (χ0n) is 11.0. The van der Waals surface area contributed by atoms with Crippen LogP contribution >= 0.6 is 0 Å². The summed E-state index contributed by atoms with van der Waals surface area (Å²) in [5.74, 6) is 0.0747. The van der Waals surface area contributed by atoms with E-state index in [0.29, 0.717) is 6.61 Å². The fraction of sp³-hybridized carbons (Fsp3) is 0.846. The molecule has 1 rings (SSSR count). The van der Waals surface area contributed by atoms with Gasteiger partial charge in [-0.05, 0) is 32.6 Å². The van der Waals surface area contributed by atoms with Crippen LogP contribution in [-0.2, 0) is 14.3 Å². The van der Waals surface area contributed by atoms with Crippen LogP contribution in [0, 0.1) is 11.8 Å². The van der Waals surface area contributed by atoms with Gasteiger partial charge in [0, 0.05) is 12.0 Å². The Morgan fingerprint density at radius 1 is 1.24 bits per heavy atom. The molecule has 4 heteroatoms. The first kappa shape index (κ1) is 14.0. The lowest BCUT2D eigenvalue weighted by atomic mass is 9.86. The van der Waals surface area contributed by atoms with Gasteiger partial charge < -0.3 is 10.1 Å². The zero-order valence-corrected chi connectivity index (χ0v) is 11.0. The predicted octanol–water partition coefficient (Wildman–Crippen LogP) is 1.88. The van der Waals surface area contributed by atoms with E-state index < -0.39 is 0 Å². The summed E-state index contributed by atoms with van der Waals surface area (Å²) in [4.78, 5) is 23.1.